The Kier molecular flexibility index (Phi) is 2.21. The zero-order valence-corrected chi connectivity index (χ0v) is 7.86. The summed E-state index contributed by atoms with van der Waals surface area (Å²) in [4.78, 5) is 15.6. The van der Waals surface area contributed by atoms with Crippen molar-refractivity contribution in [1.29, 1.82) is 0 Å². The number of amides is 1. The highest BCUT2D eigenvalue weighted by Crippen LogP contribution is 2.30. The van der Waals surface area contributed by atoms with Gasteiger partial charge in [-0.1, -0.05) is 0 Å². The number of carbonyl (C=O) groups is 1. The van der Waals surface area contributed by atoms with Crippen molar-refractivity contribution in [1.82, 2.24) is 4.98 Å². The number of nitrogens with one attached hydrogen (secondary N) is 1. The lowest BCUT2D eigenvalue weighted by molar-refractivity contribution is -0.123. The molecule has 1 aliphatic carbocycles. The molecule has 74 valence electrons. The van der Waals surface area contributed by atoms with E-state index in [1.807, 2.05) is 0 Å². The quantitative estimate of drug-likeness (QED) is 0.729. The normalized spacial score (nSPS) is 18.4. The van der Waals surface area contributed by atoms with Gasteiger partial charge in [0.1, 0.15) is 0 Å². The molecule has 1 aromatic rings. The third-order valence-electron chi connectivity index (χ3n) is 2.62. The number of rotatable bonds is 2. The third-order valence-corrected chi connectivity index (χ3v) is 2.62. The number of anilines is 1. The first-order chi connectivity index (χ1) is 6.71. The van der Waals surface area contributed by atoms with Gasteiger partial charge in [0.25, 0.3) is 0 Å². The molecule has 0 unspecified atom stereocenters. The van der Waals surface area contributed by atoms with Crippen LogP contribution in [-0.2, 0) is 4.79 Å². The molecule has 1 amide bonds. The number of carbonyl (C=O) groups excluding carboxylic acids is 1. The monoisotopic (exact) mass is 191 g/mol. The summed E-state index contributed by atoms with van der Waals surface area (Å²) in [6.07, 6.45) is 5.87. The predicted octanol–water partition coefficient (Wildman–Crippen LogP) is 0.901. The predicted molar refractivity (Wildman–Crippen MR) is 53.6 cm³/mol. The summed E-state index contributed by atoms with van der Waals surface area (Å²) in [6.45, 7) is 0. The molecule has 1 saturated carbocycles. The molecule has 3 N–H and O–H groups in total. The third kappa shape index (κ3) is 1.61. The van der Waals surface area contributed by atoms with E-state index in [1.54, 1.807) is 24.5 Å². The van der Waals surface area contributed by atoms with E-state index in [0.29, 0.717) is 5.69 Å². The molecule has 1 fully saturated rings. The van der Waals surface area contributed by atoms with Gasteiger partial charge in [-0.3, -0.25) is 9.78 Å². The van der Waals surface area contributed by atoms with Gasteiger partial charge >= 0.3 is 0 Å². The second-order valence-corrected chi connectivity index (χ2v) is 3.71. The molecule has 0 saturated heterocycles. The van der Waals surface area contributed by atoms with Gasteiger partial charge in [0, 0.05) is 6.20 Å². The fourth-order valence-electron chi connectivity index (χ4n) is 1.48. The molecule has 4 heteroatoms. The number of aromatic nitrogens is 1. The number of hydrogen-bond donors (Lipinski definition) is 2. The Balaban J connectivity index is 2.02. The molecule has 1 aromatic heterocycles. The summed E-state index contributed by atoms with van der Waals surface area (Å²) in [5.41, 5.74) is 5.92. The molecule has 1 aliphatic rings. The number of nitrogens with zero attached hydrogens (tertiary/aromatic N) is 1. The van der Waals surface area contributed by atoms with Gasteiger partial charge in [-0.05, 0) is 31.4 Å². The van der Waals surface area contributed by atoms with Crippen molar-refractivity contribution >= 4 is 11.6 Å². The Morgan fingerprint density at radius 1 is 1.57 bits per heavy atom. The summed E-state index contributed by atoms with van der Waals surface area (Å²) in [5.74, 6) is -0.100. The SMILES string of the molecule is NC1(C(=O)Nc2cccnc2)CCC1. The average Bonchev–Trinajstić information content (AvgIpc) is 2.15. The minimum Gasteiger partial charge on any atom is -0.323 e. The maximum atomic E-state index is 11.7. The van der Waals surface area contributed by atoms with Crippen molar-refractivity contribution in [3.05, 3.63) is 24.5 Å². The average molecular weight is 191 g/mol. The van der Waals surface area contributed by atoms with Crippen LogP contribution in [0, 0.1) is 0 Å². The molecule has 0 aromatic carbocycles. The van der Waals surface area contributed by atoms with Crippen molar-refractivity contribution < 1.29 is 4.79 Å². The van der Waals surface area contributed by atoms with Gasteiger partial charge in [-0.25, -0.2) is 0 Å². The Labute approximate surface area is 82.5 Å². The lowest BCUT2D eigenvalue weighted by Gasteiger charge is -2.36. The van der Waals surface area contributed by atoms with E-state index < -0.39 is 5.54 Å². The van der Waals surface area contributed by atoms with Gasteiger partial charge in [0.2, 0.25) is 5.91 Å². The highest BCUT2D eigenvalue weighted by atomic mass is 16.2. The molecule has 0 aliphatic heterocycles. The standard InChI is InChI=1S/C10H13N3O/c11-10(4-2-5-10)9(14)13-8-3-1-6-12-7-8/h1,3,6-7H,2,4-5,11H2,(H,13,14). The zero-order valence-electron chi connectivity index (χ0n) is 7.86. The van der Waals surface area contributed by atoms with E-state index in [9.17, 15) is 4.79 Å². The van der Waals surface area contributed by atoms with Crippen molar-refractivity contribution in [2.45, 2.75) is 24.8 Å². The van der Waals surface area contributed by atoms with Crippen LogP contribution in [0.5, 0.6) is 0 Å². The topological polar surface area (TPSA) is 68.0 Å². The van der Waals surface area contributed by atoms with E-state index in [2.05, 4.69) is 10.3 Å². The van der Waals surface area contributed by atoms with E-state index in [1.165, 1.54) is 0 Å². The molecule has 0 radical (unpaired) electrons. The van der Waals surface area contributed by atoms with E-state index in [0.717, 1.165) is 19.3 Å². The fourth-order valence-corrected chi connectivity index (χ4v) is 1.48. The van der Waals surface area contributed by atoms with Crippen LogP contribution >= 0.6 is 0 Å². The minimum atomic E-state index is -0.643. The molecule has 2 rings (SSSR count). The Morgan fingerprint density at radius 3 is 2.86 bits per heavy atom. The zero-order chi connectivity index (χ0) is 10.0. The molecular formula is C10H13N3O. The van der Waals surface area contributed by atoms with Crippen LogP contribution < -0.4 is 11.1 Å². The van der Waals surface area contributed by atoms with Gasteiger partial charge in [-0.2, -0.15) is 0 Å². The maximum Gasteiger partial charge on any atom is 0.244 e. The van der Waals surface area contributed by atoms with Crippen LogP contribution in [-0.4, -0.2) is 16.4 Å². The second-order valence-electron chi connectivity index (χ2n) is 3.71. The Bertz CT molecular complexity index is 332. The Hall–Kier alpha value is -1.42. The summed E-state index contributed by atoms with van der Waals surface area (Å²) in [7, 11) is 0. The van der Waals surface area contributed by atoms with Crippen molar-refractivity contribution in [2.24, 2.45) is 5.73 Å². The summed E-state index contributed by atoms with van der Waals surface area (Å²) in [5, 5.41) is 2.76. The van der Waals surface area contributed by atoms with Gasteiger partial charge in [0.15, 0.2) is 0 Å². The molecular weight excluding hydrogens is 178 g/mol. The summed E-state index contributed by atoms with van der Waals surface area (Å²) >= 11 is 0. The molecule has 0 bridgehead atoms. The molecule has 1 heterocycles. The van der Waals surface area contributed by atoms with Gasteiger partial charge in [-0.15, -0.1) is 0 Å². The smallest absolute Gasteiger partial charge is 0.244 e. The lowest BCUT2D eigenvalue weighted by atomic mass is 9.77. The number of hydrogen-bond acceptors (Lipinski definition) is 3. The van der Waals surface area contributed by atoms with Gasteiger partial charge in [0.05, 0.1) is 17.4 Å². The second kappa shape index (κ2) is 3.38. The van der Waals surface area contributed by atoms with Crippen LogP contribution in [0.4, 0.5) is 5.69 Å². The van der Waals surface area contributed by atoms with E-state index in [-0.39, 0.29) is 5.91 Å². The Morgan fingerprint density at radius 2 is 2.36 bits per heavy atom. The van der Waals surface area contributed by atoms with Crippen LogP contribution in [0.3, 0.4) is 0 Å². The first kappa shape index (κ1) is 9.15. The molecule has 4 nitrogen and oxygen atoms in total. The highest BCUT2D eigenvalue weighted by Gasteiger charge is 2.40. The first-order valence-electron chi connectivity index (χ1n) is 4.71. The first-order valence-corrected chi connectivity index (χ1v) is 4.71. The maximum absolute atomic E-state index is 11.7. The van der Waals surface area contributed by atoms with Crippen molar-refractivity contribution in [3.63, 3.8) is 0 Å². The number of pyridine rings is 1. The molecule has 0 spiro atoms. The molecule has 14 heavy (non-hydrogen) atoms. The van der Waals surface area contributed by atoms with Crippen molar-refractivity contribution in [2.75, 3.05) is 5.32 Å². The van der Waals surface area contributed by atoms with Crippen LogP contribution in [0.2, 0.25) is 0 Å². The van der Waals surface area contributed by atoms with Crippen LogP contribution in [0.1, 0.15) is 19.3 Å². The van der Waals surface area contributed by atoms with E-state index >= 15 is 0 Å². The van der Waals surface area contributed by atoms with E-state index in [4.69, 9.17) is 5.73 Å². The largest absolute Gasteiger partial charge is 0.323 e. The molecule has 0 atom stereocenters. The van der Waals surface area contributed by atoms with Crippen LogP contribution in [0.15, 0.2) is 24.5 Å². The van der Waals surface area contributed by atoms with Gasteiger partial charge < -0.3 is 11.1 Å². The van der Waals surface area contributed by atoms with Crippen molar-refractivity contribution in [3.8, 4) is 0 Å². The summed E-state index contributed by atoms with van der Waals surface area (Å²) in [6, 6.07) is 3.58. The summed E-state index contributed by atoms with van der Waals surface area (Å²) < 4.78 is 0. The number of nitrogens with two attached hydrogens (primary N) is 1. The lowest BCUT2D eigenvalue weighted by Crippen LogP contribution is -2.56. The fraction of sp³-hybridized carbons (Fsp3) is 0.400. The highest BCUT2D eigenvalue weighted by molar-refractivity contribution is 5.98. The minimum absolute atomic E-state index is 0.100. The van der Waals surface area contributed by atoms with Crippen LogP contribution in [0.25, 0.3) is 0 Å².